The fourth-order valence-electron chi connectivity index (χ4n) is 7.69. The number of methoxy groups -OCH3 is 1. The van der Waals surface area contributed by atoms with Crippen molar-refractivity contribution < 1.29 is 24.2 Å². The third kappa shape index (κ3) is 4.11. The molecule has 5 heteroatoms. The minimum absolute atomic E-state index is 0.144. The molecule has 0 radical (unpaired) electrons. The molecule has 1 N–H and O–H groups in total. The average molecular weight is 421 g/mol. The number of aldehydes is 1. The Balaban J connectivity index is 1.80. The van der Waals surface area contributed by atoms with Crippen molar-refractivity contribution in [3.63, 3.8) is 0 Å². The molecular formula is C25H40O5. The molecule has 0 aromatic rings. The van der Waals surface area contributed by atoms with Gasteiger partial charge in [0.05, 0.1) is 13.2 Å². The third-order valence-corrected chi connectivity index (χ3v) is 9.47. The summed E-state index contributed by atoms with van der Waals surface area (Å²) in [6.07, 6.45) is 8.35. The Morgan fingerprint density at radius 1 is 1.20 bits per heavy atom. The van der Waals surface area contributed by atoms with Crippen molar-refractivity contribution in [1.82, 2.24) is 0 Å². The number of esters is 1. The second-order valence-corrected chi connectivity index (χ2v) is 10.8. The first kappa shape index (κ1) is 23.4. The molecule has 3 aliphatic carbocycles. The summed E-state index contributed by atoms with van der Waals surface area (Å²) in [5.41, 5.74) is -0.254. The molecule has 0 aliphatic heterocycles. The van der Waals surface area contributed by atoms with Crippen molar-refractivity contribution >= 4 is 18.0 Å². The number of aliphatic hydroxyl groups is 1. The molecule has 0 amide bonds. The summed E-state index contributed by atoms with van der Waals surface area (Å²) in [5, 5.41) is 9.96. The Hall–Kier alpha value is -1.23. The van der Waals surface area contributed by atoms with Gasteiger partial charge in [-0.05, 0) is 80.0 Å². The van der Waals surface area contributed by atoms with Gasteiger partial charge in [0.2, 0.25) is 0 Å². The van der Waals surface area contributed by atoms with Crippen LogP contribution in [0.25, 0.3) is 0 Å². The molecule has 3 fully saturated rings. The molecule has 0 saturated heterocycles. The molecule has 0 aromatic carbocycles. The van der Waals surface area contributed by atoms with Crippen LogP contribution in [0.5, 0.6) is 0 Å². The minimum Gasteiger partial charge on any atom is -0.469 e. The molecule has 8 atom stereocenters. The maximum atomic E-state index is 13.0. The van der Waals surface area contributed by atoms with Gasteiger partial charge in [0.25, 0.3) is 0 Å². The Kier molecular flexibility index (Phi) is 7.11. The van der Waals surface area contributed by atoms with Crippen molar-refractivity contribution in [1.29, 1.82) is 0 Å². The number of fused-ring (bicyclic) bond motifs is 1. The predicted octanol–water partition coefficient (Wildman–Crippen LogP) is 4.34. The number of carbonyl (C=O) groups is 3. The fraction of sp³-hybridized carbons (Fsp3) is 0.880. The smallest absolute Gasteiger partial charge is 0.305 e. The second kappa shape index (κ2) is 9.10. The van der Waals surface area contributed by atoms with Gasteiger partial charge in [-0.15, -0.1) is 0 Å². The summed E-state index contributed by atoms with van der Waals surface area (Å²) in [7, 11) is 1.44. The molecule has 3 rings (SSSR count). The highest BCUT2D eigenvalue weighted by Gasteiger charge is 2.58. The lowest BCUT2D eigenvalue weighted by molar-refractivity contribution is -0.146. The molecule has 0 aromatic heterocycles. The number of hydrogen-bond acceptors (Lipinski definition) is 5. The van der Waals surface area contributed by atoms with Gasteiger partial charge < -0.3 is 14.6 Å². The number of carbonyl (C=O) groups excluding carboxylic acids is 3. The maximum Gasteiger partial charge on any atom is 0.305 e. The lowest BCUT2D eigenvalue weighted by Crippen LogP contribution is -2.51. The van der Waals surface area contributed by atoms with E-state index < -0.39 is 11.5 Å². The van der Waals surface area contributed by atoms with Crippen LogP contribution in [0.3, 0.4) is 0 Å². The Morgan fingerprint density at radius 3 is 2.57 bits per heavy atom. The summed E-state index contributed by atoms with van der Waals surface area (Å²) in [6.45, 7) is 6.75. The van der Waals surface area contributed by atoms with E-state index in [0.717, 1.165) is 44.8 Å². The van der Waals surface area contributed by atoms with E-state index in [1.165, 1.54) is 7.11 Å². The van der Waals surface area contributed by atoms with Gasteiger partial charge in [-0.1, -0.05) is 20.8 Å². The van der Waals surface area contributed by atoms with Crippen LogP contribution in [-0.4, -0.2) is 36.4 Å². The van der Waals surface area contributed by atoms with Gasteiger partial charge in [-0.25, -0.2) is 0 Å². The van der Waals surface area contributed by atoms with Gasteiger partial charge in [-0.3, -0.25) is 9.59 Å². The largest absolute Gasteiger partial charge is 0.469 e. The zero-order valence-corrected chi connectivity index (χ0v) is 19.2. The third-order valence-electron chi connectivity index (χ3n) is 9.47. The molecule has 3 unspecified atom stereocenters. The van der Waals surface area contributed by atoms with E-state index in [0.29, 0.717) is 37.0 Å². The summed E-state index contributed by atoms with van der Waals surface area (Å²) in [5.74, 6) is 1.94. The number of hydrogen-bond donors (Lipinski definition) is 1. The lowest BCUT2D eigenvalue weighted by Gasteiger charge is -2.54. The number of rotatable bonds is 7. The van der Waals surface area contributed by atoms with E-state index in [1.54, 1.807) is 0 Å². The highest BCUT2D eigenvalue weighted by atomic mass is 16.5. The summed E-state index contributed by atoms with van der Waals surface area (Å²) < 4.78 is 4.83. The normalized spacial score (nSPS) is 42.4. The monoisotopic (exact) mass is 420 g/mol. The molecule has 0 heterocycles. The number of ether oxygens (including phenoxy) is 1. The molecule has 0 bridgehead atoms. The second-order valence-electron chi connectivity index (χ2n) is 10.8. The van der Waals surface area contributed by atoms with Crippen molar-refractivity contribution in [2.45, 2.75) is 91.1 Å². The summed E-state index contributed by atoms with van der Waals surface area (Å²) in [4.78, 5) is 36.3. The van der Waals surface area contributed by atoms with Crippen LogP contribution in [0.4, 0.5) is 0 Å². The van der Waals surface area contributed by atoms with Crippen molar-refractivity contribution in [2.75, 3.05) is 7.11 Å². The van der Waals surface area contributed by atoms with Crippen LogP contribution in [-0.2, 0) is 19.1 Å². The maximum absolute atomic E-state index is 13.0. The average Bonchev–Trinajstić information content (AvgIpc) is 3.07. The Bertz CT molecular complexity index is 660. The minimum atomic E-state index is -0.504. The van der Waals surface area contributed by atoms with Crippen LogP contribution in [0.2, 0.25) is 0 Å². The zero-order chi connectivity index (χ0) is 22.1. The highest BCUT2D eigenvalue weighted by Crippen LogP contribution is 2.64. The highest BCUT2D eigenvalue weighted by molar-refractivity contribution is 5.86. The van der Waals surface area contributed by atoms with Gasteiger partial charge in [0.15, 0.2) is 0 Å². The molecule has 5 nitrogen and oxygen atoms in total. The molecular weight excluding hydrogens is 380 g/mol. The quantitative estimate of drug-likeness (QED) is 0.489. The van der Waals surface area contributed by atoms with Crippen molar-refractivity contribution in [2.24, 2.45) is 40.4 Å². The van der Waals surface area contributed by atoms with E-state index in [1.807, 2.05) is 0 Å². The number of Topliss-reactive ketones (excluding diaryl/α,β-unsaturated/α-hetero) is 1. The first-order valence-corrected chi connectivity index (χ1v) is 11.9. The van der Waals surface area contributed by atoms with Gasteiger partial charge in [0, 0.05) is 24.7 Å². The molecule has 3 saturated carbocycles. The van der Waals surface area contributed by atoms with Gasteiger partial charge >= 0.3 is 5.97 Å². The zero-order valence-electron chi connectivity index (χ0n) is 19.2. The van der Waals surface area contributed by atoms with E-state index in [-0.39, 0.29) is 35.4 Å². The summed E-state index contributed by atoms with van der Waals surface area (Å²) >= 11 is 0. The number of aliphatic hydroxyl groups excluding tert-OH is 1. The fourth-order valence-corrected chi connectivity index (χ4v) is 7.69. The lowest BCUT2D eigenvalue weighted by atomic mass is 9.49. The first-order chi connectivity index (χ1) is 14.2. The Morgan fingerprint density at radius 2 is 1.93 bits per heavy atom. The van der Waals surface area contributed by atoms with Crippen molar-refractivity contribution in [3.8, 4) is 0 Å². The summed E-state index contributed by atoms with van der Waals surface area (Å²) in [6, 6.07) is 0. The van der Waals surface area contributed by atoms with Crippen molar-refractivity contribution in [3.05, 3.63) is 0 Å². The van der Waals surface area contributed by atoms with E-state index in [9.17, 15) is 19.5 Å². The first-order valence-electron chi connectivity index (χ1n) is 11.9. The van der Waals surface area contributed by atoms with E-state index in [4.69, 9.17) is 4.74 Å². The SMILES string of the molecule is COC(=O)CC[C@@H](C)[C@H]1CCC2C(CC=O)C([C@@]3(C)CC[C@H](O)CC3=O)CC[C@@]21C. The van der Waals surface area contributed by atoms with Crippen LogP contribution < -0.4 is 0 Å². The molecule has 30 heavy (non-hydrogen) atoms. The number of ketones is 1. The molecule has 3 aliphatic rings. The van der Waals surface area contributed by atoms with Crippen LogP contribution in [0.15, 0.2) is 0 Å². The van der Waals surface area contributed by atoms with Crippen LogP contribution in [0, 0.1) is 40.4 Å². The molecule has 0 spiro atoms. The molecule has 170 valence electrons. The topological polar surface area (TPSA) is 80.7 Å². The van der Waals surface area contributed by atoms with E-state index in [2.05, 4.69) is 20.8 Å². The van der Waals surface area contributed by atoms with Gasteiger partial charge in [-0.2, -0.15) is 0 Å². The Labute approximate surface area is 181 Å². The standard InChI is InChI=1S/C25H40O5/c1-16(5-8-23(29)30-4)19-6-7-20-18(11-14-26)21(10-13-24(19,20)2)25(3)12-9-17(27)15-22(25)28/h14,16-21,27H,5-13,15H2,1-4H3/t16-,17+,18?,19-,20?,21?,24-,25-/m1/s1. The van der Waals surface area contributed by atoms with E-state index >= 15 is 0 Å². The van der Waals surface area contributed by atoms with Gasteiger partial charge in [0.1, 0.15) is 12.1 Å². The van der Waals surface area contributed by atoms with Crippen LogP contribution in [0.1, 0.15) is 85.0 Å². The van der Waals surface area contributed by atoms with Crippen LogP contribution >= 0.6 is 0 Å². The predicted molar refractivity (Wildman–Crippen MR) is 115 cm³/mol.